The fraction of sp³-hybridized carbons (Fsp3) is 0.400. The molecule has 0 aliphatic carbocycles. The second kappa shape index (κ2) is 4.42. The van der Waals surface area contributed by atoms with Crippen LogP contribution in [0.1, 0.15) is 5.56 Å². The van der Waals surface area contributed by atoms with Crippen LogP contribution in [0.2, 0.25) is 0 Å². The molecule has 0 radical (unpaired) electrons. The number of hydrogen-bond donors (Lipinski definition) is 1. The van der Waals surface area contributed by atoms with E-state index < -0.39 is 0 Å². The Morgan fingerprint density at radius 2 is 2.00 bits per heavy atom. The highest BCUT2D eigenvalue weighted by molar-refractivity contribution is 5.85. The third-order valence-electron chi connectivity index (χ3n) is 2.33. The molecular formula is C10H14ClNO2. The number of nitrogens with one attached hydrogen (secondary N) is 1. The van der Waals surface area contributed by atoms with Crippen LogP contribution in [-0.2, 0) is 6.42 Å². The van der Waals surface area contributed by atoms with Gasteiger partial charge in [-0.3, -0.25) is 0 Å². The highest BCUT2D eigenvalue weighted by Crippen LogP contribution is 2.35. The van der Waals surface area contributed by atoms with Gasteiger partial charge in [0.2, 0.25) is 0 Å². The smallest absolute Gasteiger partial charge is 0.127 e. The third-order valence-corrected chi connectivity index (χ3v) is 2.33. The Morgan fingerprint density at radius 1 is 1.21 bits per heavy atom. The molecule has 0 fully saturated rings. The van der Waals surface area contributed by atoms with Gasteiger partial charge in [-0.15, -0.1) is 12.4 Å². The van der Waals surface area contributed by atoms with E-state index in [0.717, 1.165) is 30.2 Å². The molecule has 1 aromatic rings. The minimum Gasteiger partial charge on any atom is -0.497 e. The van der Waals surface area contributed by atoms with E-state index in [0.29, 0.717) is 0 Å². The molecule has 1 heterocycles. The summed E-state index contributed by atoms with van der Waals surface area (Å²) in [5, 5.41) is 3.29. The predicted molar refractivity (Wildman–Crippen MR) is 59.0 cm³/mol. The Morgan fingerprint density at radius 3 is 2.64 bits per heavy atom. The van der Waals surface area contributed by atoms with Gasteiger partial charge in [0.05, 0.1) is 14.2 Å². The molecule has 14 heavy (non-hydrogen) atoms. The van der Waals surface area contributed by atoms with Gasteiger partial charge in [-0.2, -0.15) is 0 Å². The highest BCUT2D eigenvalue weighted by Gasteiger charge is 2.16. The highest BCUT2D eigenvalue weighted by atomic mass is 35.5. The fourth-order valence-electron chi connectivity index (χ4n) is 1.66. The average molecular weight is 216 g/mol. The first-order valence-electron chi connectivity index (χ1n) is 4.34. The van der Waals surface area contributed by atoms with Crippen LogP contribution in [0, 0.1) is 0 Å². The van der Waals surface area contributed by atoms with E-state index in [1.807, 2.05) is 12.1 Å². The average Bonchev–Trinajstić information content (AvgIpc) is 2.63. The van der Waals surface area contributed by atoms with Gasteiger partial charge < -0.3 is 14.8 Å². The summed E-state index contributed by atoms with van der Waals surface area (Å²) in [6.45, 7) is 0.985. The van der Waals surface area contributed by atoms with Crippen molar-refractivity contribution in [2.24, 2.45) is 0 Å². The van der Waals surface area contributed by atoms with E-state index in [9.17, 15) is 0 Å². The number of ether oxygens (including phenoxy) is 2. The Hall–Kier alpha value is -1.09. The summed E-state index contributed by atoms with van der Waals surface area (Å²) in [7, 11) is 3.35. The zero-order valence-corrected chi connectivity index (χ0v) is 9.11. The van der Waals surface area contributed by atoms with Crippen molar-refractivity contribution in [1.82, 2.24) is 0 Å². The second-order valence-electron chi connectivity index (χ2n) is 3.03. The van der Waals surface area contributed by atoms with Crippen molar-refractivity contribution >= 4 is 18.1 Å². The van der Waals surface area contributed by atoms with Crippen LogP contribution in [0.5, 0.6) is 11.5 Å². The van der Waals surface area contributed by atoms with Crippen molar-refractivity contribution in [3.63, 3.8) is 0 Å². The minimum atomic E-state index is 0. The van der Waals surface area contributed by atoms with Crippen molar-refractivity contribution in [2.75, 3.05) is 26.1 Å². The number of rotatable bonds is 2. The van der Waals surface area contributed by atoms with Gasteiger partial charge >= 0.3 is 0 Å². The molecular weight excluding hydrogens is 202 g/mol. The number of anilines is 1. The molecule has 0 saturated carbocycles. The summed E-state index contributed by atoms with van der Waals surface area (Å²) in [5.41, 5.74) is 2.39. The first-order valence-corrected chi connectivity index (χ1v) is 4.34. The van der Waals surface area contributed by atoms with Crippen LogP contribution in [0.4, 0.5) is 5.69 Å². The molecule has 0 saturated heterocycles. The Kier molecular flexibility index (Phi) is 3.47. The van der Waals surface area contributed by atoms with Crippen molar-refractivity contribution < 1.29 is 9.47 Å². The lowest BCUT2D eigenvalue weighted by atomic mass is 10.1. The molecule has 4 heteroatoms. The maximum atomic E-state index is 5.28. The lowest BCUT2D eigenvalue weighted by Crippen LogP contribution is -1.92. The third kappa shape index (κ3) is 1.73. The lowest BCUT2D eigenvalue weighted by molar-refractivity contribution is 0.392. The summed E-state index contributed by atoms with van der Waals surface area (Å²) in [5.74, 6) is 1.75. The minimum absolute atomic E-state index is 0. The molecule has 0 unspecified atom stereocenters. The quantitative estimate of drug-likeness (QED) is 0.820. The van der Waals surface area contributed by atoms with E-state index >= 15 is 0 Å². The topological polar surface area (TPSA) is 30.5 Å². The largest absolute Gasteiger partial charge is 0.497 e. The van der Waals surface area contributed by atoms with Crippen molar-refractivity contribution in [2.45, 2.75) is 6.42 Å². The molecule has 1 aromatic carbocycles. The molecule has 1 N–H and O–H groups in total. The summed E-state index contributed by atoms with van der Waals surface area (Å²) in [6, 6.07) is 3.93. The normalized spacial score (nSPS) is 12.4. The molecule has 0 atom stereocenters. The first kappa shape index (κ1) is 11.0. The van der Waals surface area contributed by atoms with E-state index in [4.69, 9.17) is 9.47 Å². The monoisotopic (exact) mass is 215 g/mol. The lowest BCUT2D eigenvalue weighted by Gasteiger charge is -2.09. The summed E-state index contributed by atoms with van der Waals surface area (Å²) in [4.78, 5) is 0. The first-order chi connectivity index (χ1) is 6.35. The van der Waals surface area contributed by atoms with Crippen molar-refractivity contribution in [3.05, 3.63) is 17.7 Å². The molecule has 3 nitrogen and oxygen atoms in total. The maximum absolute atomic E-state index is 5.28. The SMILES string of the molecule is COc1cc2c(c(OC)c1)CCN2.Cl. The van der Waals surface area contributed by atoms with E-state index in [-0.39, 0.29) is 12.4 Å². The number of fused-ring (bicyclic) bond motifs is 1. The number of hydrogen-bond acceptors (Lipinski definition) is 3. The van der Waals surface area contributed by atoms with Crippen LogP contribution in [0.25, 0.3) is 0 Å². The standard InChI is InChI=1S/C10H13NO2.ClH/c1-12-7-5-9-8(3-4-11-9)10(6-7)13-2;/h5-6,11H,3-4H2,1-2H3;1H. The molecule has 0 aromatic heterocycles. The maximum Gasteiger partial charge on any atom is 0.127 e. The fourth-order valence-corrected chi connectivity index (χ4v) is 1.66. The van der Waals surface area contributed by atoms with Gasteiger partial charge in [-0.25, -0.2) is 0 Å². The second-order valence-corrected chi connectivity index (χ2v) is 3.03. The van der Waals surface area contributed by atoms with Gasteiger partial charge in [0, 0.05) is 29.9 Å². The van der Waals surface area contributed by atoms with Crippen LogP contribution in [0.15, 0.2) is 12.1 Å². The van der Waals surface area contributed by atoms with Gasteiger partial charge in [-0.1, -0.05) is 0 Å². The van der Waals surface area contributed by atoms with E-state index in [2.05, 4.69) is 5.32 Å². The number of methoxy groups -OCH3 is 2. The summed E-state index contributed by atoms with van der Waals surface area (Å²) >= 11 is 0. The van der Waals surface area contributed by atoms with Gasteiger partial charge in [0.25, 0.3) is 0 Å². The zero-order valence-electron chi connectivity index (χ0n) is 8.29. The van der Waals surface area contributed by atoms with E-state index in [1.165, 1.54) is 5.56 Å². The Labute approximate surface area is 89.8 Å². The van der Waals surface area contributed by atoms with Crippen LogP contribution < -0.4 is 14.8 Å². The van der Waals surface area contributed by atoms with Crippen LogP contribution in [0.3, 0.4) is 0 Å². The molecule has 0 bridgehead atoms. The van der Waals surface area contributed by atoms with Crippen molar-refractivity contribution in [3.8, 4) is 11.5 Å². The Balaban J connectivity index is 0.000000980. The molecule has 0 amide bonds. The molecule has 1 aliphatic heterocycles. The van der Waals surface area contributed by atoms with Gasteiger partial charge in [0.15, 0.2) is 0 Å². The van der Waals surface area contributed by atoms with Crippen LogP contribution >= 0.6 is 12.4 Å². The summed E-state index contributed by atoms with van der Waals surface area (Å²) in [6.07, 6.45) is 1.03. The molecule has 0 spiro atoms. The molecule has 1 aliphatic rings. The predicted octanol–water partition coefficient (Wildman–Crippen LogP) is 2.09. The molecule has 78 valence electrons. The van der Waals surface area contributed by atoms with Gasteiger partial charge in [-0.05, 0) is 6.42 Å². The van der Waals surface area contributed by atoms with E-state index in [1.54, 1.807) is 14.2 Å². The summed E-state index contributed by atoms with van der Waals surface area (Å²) < 4.78 is 10.4. The zero-order chi connectivity index (χ0) is 9.26. The molecule has 2 rings (SSSR count). The number of halogens is 1. The number of benzene rings is 1. The Bertz CT molecular complexity index is 328. The van der Waals surface area contributed by atoms with Crippen molar-refractivity contribution in [1.29, 1.82) is 0 Å². The van der Waals surface area contributed by atoms with Gasteiger partial charge in [0.1, 0.15) is 11.5 Å². The van der Waals surface area contributed by atoms with Crippen LogP contribution in [-0.4, -0.2) is 20.8 Å².